The monoisotopic (exact) mass is 269 g/mol. The standard InChI is InChI=1S/C13H10ClF2NO/c14-7-4-5-8(11(17)6-7)13(18)9-2-1-3-10(15)12(9)16/h1-6,13,18H,17H2. The SMILES string of the molecule is Nc1cc(Cl)ccc1C(O)c1cccc(F)c1F. The first-order chi connectivity index (χ1) is 8.50. The number of hydrogen-bond acceptors (Lipinski definition) is 2. The van der Waals surface area contributed by atoms with Crippen molar-refractivity contribution in [3.63, 3.8) is 0 Å². The van der Waals surface area contributed by atoms with E-state index in [4.69, 9.17) is 17.3 Å². The molecule has 0 heterocycles. The Kier molecular flexibility index (Phi) is 3.50. The average molecular weight is 270 g/mol. The summed E-state index contributed by atoms with van der Waals surface area (Å²) in [5, 5.41) is 10.4. The van der Waals surface area contributed by atoms with Crippen LogP contribution in [0.4, 0.5) is 14.5 Å². The van der Waals surface area contributed by atoms with Crippen molar-refractivity contribution in [2.24, 2.45) is 0 Å². The third-order valence-electron chi connectivity index (χ3n) is 2.62. The molecule has 3 N–H and O–H groups in total. The molecule has 2 nitrogen and oxygen atoms in total. The van der Waals surface area contributed by atoms with Crippen LogP contribution in [0, 0.1) is 11.6 Å². The number of anilines is 1. The van der Waals surface area contributed by atoms with Crippen LogP contribution >= 0.6 is 11.6 Å². The smallest absolute Gasteiger partial charge is 0.164 e. The average Bonchev–Trinajstić information content (AvgIpc) is 2.32. The molecule has 1 atom stereocenters. The largest absolute Gasteiger partial charge is 0.398 e. The molecule has 1 unspecified atom stereocenters. The maximum Gasteiger partial charge on any atom is 0.164 e. The van der Waals surface area contributed by atoms with Crippen LogP contribution in [-0.4, -0.2) is 5.11 Å². The van der Waals surface area contributed by atoms with Crippen LogP contribution < -0.4 is 5.73 Å². The van der Waals surface area contributed by atoms with Crippen LogP contribution in [-0.2, 0) is 0 Å². The molecular formula is C13H10ClF2NO. The summed E-state index contributed by atoms with van der Waals surface area (Å²) < 4.78 is 26.6. The Morgan fingerprint density at radius 1 is 1.11 bits per heavy atom. The van der Waals surface area contributed by atoms with E-state index in [1.807, 2.05) is 0 Å². The van der Waals surface area contributed by atoms with Gasteiger partial charge >= 0.3 is 0 Å². The Morgan fingerprint density at radius 2 is 1.83 bits per heavy atom. The molecule has 0 fully saturated rings. The van der Waals surface area contributed by atoms with E-state index in [0.29, 0.717) is 5.02 Å². The molecule has 0 bridgehead atoms. The molecule has 2 aromatic rings. The molecule has 2 aromatic carbocycles. The number of rotatable bonds is 2. The topological polar surface area (TPSA) is 46.2 Å². The number of benzene rings is 2. The lowest BCUT2D eigenvalue weighted by Gasteiger charge is -2.15. The van der Waals surface area contributed by atoms with Gasteiger partial charge in [0.15, 0.2) is 11.6 Å². The minimum atomic E-state index is -1.34. The molecule has 0 radical (unpaired) electrons. The lowest BCUT2D eigenvalue weighted by Crippen LogP contribution is -2.07. The fraction of sp³-hybridized carbons (Fsp3) is 0.0769. The molecule has 0 spiro atoms. The van der Waals surface area contributed by atoms with Crippen molar-refractivity contribution >= 4 is 17.3 Å². The van der Waals surface area contributed by atoms with Crippen molar-refractivity contribution in [1.82, 2.24) is 0 Å². The highest BCUT2D eigenvalue weighted by Gasteiger charge is 2.19. The minimum Gasteiger partial charge on any atom is -0.398 e. The fourth-order valence-electron chi connectivity index (χ4n) is 1.69. The zero-order valence-corrected chi connectivity index (χ0v) is 9.96. The van der Waals surface area contributed by atoms with Gasteiger partial charge in [-0.05, 0) is 18.2 Å². The third kappa shape index (κ3) is 2.30. The molecular weight excluding hydrogens is 260 g/mol. The van der Waals surface area contributed by atoms with Crippen molar-refractivity contribution in [3.05, 3.63) is 64.2 Å². The summed E-state index contributed by atoms with van der Waals surface area (Å²) in [4.78, 5) is 0. The van der Waals surface area contributed by atoms with E-state index >= 15 is 0 Å². The predicted molar refractivity (Wildman–Crippen MR) is 66.3 cm³/mol. The van der Waals surface area contributed by atoms with E-state index in [1.54, 1.807) is 0 Å². The van der Waals surface area contributed by atoms with Gasteiger partial charge in [-0.2, -0.15) is 0 Å². The Bertz CT molecular complexity index is 589. The molecule has 94 valence electrons. The van der Waals surface area contributed by atoms with Crippen LogP contribution in [0.1, 0.15) is 17.2 Å². The number of nitrogen functional groups attached to an aromatic ring is 1. The van der Waals surface area contributed by atoms with E-state index < -0.39 is 17.7 Å². The highest BCUT2D eigenvalue weighted by molar-refractivity contribution is 6.30. The number of aliphatic hydroxyl groups excluding tert-OH is 1. The number of halogens is 3. The molecule has 0 saturated heterocycles. The van der Waals surface area contributed by atoms with Crippen molar-refractivity contribution in [2.75, 3.05) is 5.73 Å². The number of aliphatic hydroxyl groups is 1. The molecule has 5 heteroatoms. The van der Waals surface area contributed by atoms with Gasteiger partial charge in [-0.3, -0.25) is 0 Å². The van der Waals surface area contributed by atoms with Gasteiger partial charge in [0.1, 0.15) is 6.10 Å². The zero-order chi connectivity index (χ0) is 13.3. The first-order valence-electron chi connectivity index (χ1n) is 5.17. The summed E-state index contributed by atoms with van der Waals surface area (Å²) in [6.45, 7) is 0. The van der Waals surface area contributed by atoms with Gasteiger partial charge in [0, 0.05) is 21.8 Å². The predicted octanol–water partition coefficient (Wildman–Crippen LogP) is 3.28. The summed E-state index contributed by atoms with van der Waals surface area (Å²) in [5.41, 5.74) is 6.03. The second-order valence-corrected chi connectivity index (χ2v) is 4.26. The highest BCUT2D eigenvalue weighted by atomic mass is 35.5. The van der Waals surface area contributed by atoms with Gasteiger partial charge < -0.3 is 10.8 Å². The Labute approximate surface area is 108 Å². The second kappa shape index (κ2) is 4.92. The summed E-state index contributed by atoms with van der Waals surface area (Å²) in [6, 6.07) is 8.05. The Balaban J connectivity index is 2.48. The van der Waals surface area contributed by atoms with Gasteiger partial charge in [0.25, 0.3) is 0 Å². The van der Waals surface area contributed by atoms with Crippen LogP contribution in [0.5, 0.6) is 0 Å². The maximum absolute atomic E-state index is 13.5. The van der Waals surface area contributed by atoms with Crippen molar-refractivity contribution in [2.45, 2.75) is 6.10 Å². The molecule has 0 amide bonds. The quantitative estimate of drug-likeness (QED) is 0.822. The van der Waals surface area contributed by atoms with Crippen molar-refractivity contribution in [3.8, 4) is 0 Å². The van der Waals surface area contributed by atoms with E-state index in [-0.39, 0.29) is 16.8 Å². The highest BCUT2D eigenvalue weighted by Crippen LogP contribution is 2.30. The molecule has 0 aliphatic rings. The number of nitrogens with two attached hydrogens (primary N) is 1. The lowest BCUT2D eigenvalue weighted by molar-refractivity contribution is 0.214. The Hall–Kier alpha value is -1.65. The van der Waals surface area contributed by atoms with E-state index in [9.17, 15) is 13.9 Å². The molecule has 0 aromatic heterocycles. The molecule has 0 aliphatic carbocycles. The molecule has 0 aliphatic heterocycles. The molecule has 0 saturated carbocycles. The van der Waals surface area contributed by atoms with Crippen molar-refractivity contribution in [1.29, 1.82) is 0 Å². The normalized spacial score (nSPS) is 12.4. The van der Waals surface area contributed by atoms with Crippen LogP contribution in [0.25, 0.3) is 0 Å². The van der Waals surface area contributed by atoms with Gasteiger partial charge in [0.2, 0.25) is 0 Å². The summed E-state index contributed by atoms with van der Waals surface area (Å²) in [5.74, 6) is -2.10. The van der Waals surface area contributed by atoms with E-state index in [1.165, 1.54) is 30.3 Å². The summed E-state index contributed by atoms with van der Waals surface area (Å²) >= 11 is 5.73. The number of hydrogen-bond donors (Lipinski definition) is 2. The summed E-state index contributed by atoms with van der Waals surface area (Å²) in [6.07, 6.45) is -1.34. The maximum atomic E-state index is 13.5. The molecule has 18 heavy (non-hydrogen) atoms. The van der Waals surface area contributed by atoms with Gasteiger partial charge in [-0.1, -0.05) is 29.8 Å². The lowest BCUT2D eigenvalue weighted by atomic mass is 9.99. The summed E-state index contributed by atoms with van der Waals surface area (Å²) in [7, 11) is 0. The fourth-order valence-corrected chi connectivity index (χ4v) is 1.87. The zero-order valence-electron chi connectivity index (χ0n) is 9.20. The van der Waals surface area contributed by atoms with Crippen LogP contribution in [0.2, 0.25) is 5.02 Å². The van der Waals surface area contributed by atoms with Gasteiger partial charge in [-0.15, -0.1) is 0 Å². The molecule has 2 rings (SSSR count). The first-order valence-corrected chi connectivity index (χ1v) is 5.55. The van der Waals surface area contributed by atoms with Crippen LogP contribution in [0.15, 0.2) is 36.4 Å². The third-order valence-corrected chi connectivity index (χ3v) is 2.85. The second-order valence-electron chi connectivity index (χ2n) is 3.82. The minimum absolute atomic E-state index is 0.163. The van der Waals surface area contributed by atoms with Crippen molar-refractivity contribution < 1.29 is 13.9 Å². The van der Waals surface area contributed by atoms with Crippen LogP contribution in [0.3, 0.4) is 0 Å². The van der Waals surface area contributed by atoms with Gasteiger partial charge in [0.05, 0.1) is 0 Å². The Morgan fingerprint density at radius 3 is 2.50 bits per heavy atom. The first kappa shape index (κ1) is 12.8. The van der Waals surface area contributed by atoms with E-state index in [0.717, 1.165) is 6.07 Å². The van der Waals surface area contributed by atoms with Gasteiger partial charge in [-0.25, -0.2) is 8.78 Å². The van der Waals surface area contributed by atoms with E-state index in [2.05, 4.69) is 0 Å².